The van der Waals surface area contributed by atoms with Gasteiger partial charge in [0.25, 0.3) is 0 Å². The molecule has 35 heavy (non-hydrogen) atoms. The lowest BCUT2D eigenvalue weighted by Crippen LogP contribution is -2.41. The maximum Gasteiger partial charge on any atom is 0.317 e. The van der Waals surface area contributed by atoms with Crippen molar-refractivity contribution in [3.63, 3.8) is 0 Å². The molecular formula is C28H32N4O3. The third kappa shape index (κ3) is 4.22. The highest BCUT2D eigenvalue weighted by Crippen LogP contribution is 2.40. The van der Waals surface area contributed by atoms with E-state index in [1.165, 1.54) is 5.69 Å². The summed E-state index contributed by atoms with van der Waals surface area (Å²) in [5.41, 5.74) is 4.30. The summed E-state index contributed by atoms with van der Waals surface area (Å²) in [4.78, 5) is 18.8. The SMILES string of the molecule is COc1cccc(C(CNC(=O)N2CCCC2c2cccn2C)c2c[nH]c3ccccc23)c1OC. The lowest BCUT2D eigenvalue weighted by Gasteiger charge is -2.27. The Morgan fingerprint density at radius 2 is 1.94 bits per heavy atom. The fourth-order valence-corrected chi connectivity index (χ4v) is 5.38. The van der Waals surface area contributed by atoms with Crippen molar-refractivity contribution in [2.24, 2.45) is 7.05 Å². The van der Waals surface area contributed by atoms with E-state index in [9.17, 15) is 4.79 Å². The maximum atomic E-state index is 13.5. The van der Waals surface area contributed by atoms with Crippen LogP contribution in [0.15, 0.2) is 67.0 Å². The van der Waals surface area contributed by atoms with E-state index in [0.29, 0.717) is 18.0 Å². The number of H-pyrrole nitrogens is 1. The van der Waals surface area contributed by atoms with E-state index in [-0.39, 0.29) is 18.0 Å². The normalized spacial score (nSPS) is 16.4. The number of aromatic amines is 1. The molecule has 0 saturated carbocycles. The molecule has 1 saturated heterocycles. The molecule has 0 radical (unpaired) electrons. The molecule has 2 atom stereocenters. The summed E-state index contributed by atoms with van der Waals surface area (Å²) in [6, 6.07) is 18.3. The first-order valence-corrected chi connectivity index (χ1v) is 12.0. The van der Waals surface area contributed by atoms with Gasteiger partial charge in [-0.1, -0.05) is 30.3 Å². The zero-order valence-corrected chi connectivity index (χ0v) is 20.5. The van der Waals surface area contributed by atoms with E-state index >= 15 is 0 Å². The van der Waals surface area contributed by atoms with Gasteiger partial charge in [0.05, 0.1) is 20.3 Å². The second kappa shape index (κ2) is 9.78. The highest BCUT2D eigenvalue weighted by molar-refractivity contribution is 5.84. The van der Waals surface area contributed by atoms with Crippen LogP contribution in [0.2, 0.25) is 0 Å². The van der Waals surface area contributed by atoms with Gasteiger partial charge in [0.2, 0.25) is 0 Å². The molecule has 2 amide bonds. The average molecular weight is 473 g/mol. The van der Waals surface area contributed by atoms with Gasteiger partial charge in [-0.3, -0.25) is 0 Å². The monoisotopic (exact) mass is 472 g/mol. The van der Waals surface area contributed by atoms with Gasteiger partial charge in [0.15, 0.2) is 11.5 Å². The van der Waals surface area contributed by atoms with Crippen molar-refractivity contribution < 1.29 is 14.3 Å². The molecule has 2 unspecified atom stereocenters. The summed E-state index contributed by atoms with van der Waals surface area (Å²) in [7, 11) is 5.33. The number of amides is 2. The fourth-order valence-electron chi connectivity index (χ4n) is 5.38. The Bertz CT molecular complexity index is 1320. The Balaban J connectivity index is 1.47. The molecule has 3 heterocycles. The maximum absolute atomic E-state index is 13.5. The van der Waals surface area contributed by atoms with Gasteiger partial charge in [-0.2, -0.15) is 0 Å². The fraction of sp³-hybridized carbons (Fsp3) is 0.321. The van der Waals surface area contributed by atoms with E-state index in [2.05, 4.69) is 33.1 Å². The molecule has 0 spiro atoms. The van der Waals surface area contributed by atoms with Crippen LogP contribution in [0.25, 0.3) is 10.9 Å². The minimum atomic E-state index is -0.128. The first-order valence-electron chi connectivity index (χ1n) is 12.0. The second-order valence-corrected chi connectivity index (χ2v) is 9.01. The molecule has 1 aliphatic rings. The number of aromatic nitrogens is 2. The Labute approximate surface area is 205 Å². The molecule has 1 aliphatic heterocycles. The van der Waals surface area contributed by atoms with Crippen molar-refractivity contribution in [1.82, 2.24) is 19.8 Å². The number of fused-ring (bicyclic) bond motifs is 1. The van der Waals surface area contributed by atoms with Gasteiger partial charge in [-0.25, -0.2) is 4.79 Å². The molecular weight excluding hydrogens is 440 g/mol. The third-order valence-electron chi connectivity index (χ3n) is 7.10. The molecule has 5 rings (SSSR count). The van der Waals surface area contributed by atoms with Crippen LogP contribution in [0.1, 0.15) is 41.6 Å². The van der Waals surface area contributed by atoms with Crippen LogP contribution in [0, 0.1) is 0 Å². The zero-order chi connectivity index (χ0) is 24.4. The molecule has 1 fully saturated rings. The number of nitrogens with one attached hydrogen (secondary N) is 2. The van der Waals surface area contributed by atoms with E-state index in [1.54, 1.807) is 14.2 Å². The van der Waals surface area contributed by atoms with Gasteiger partial charge >= 0.3 is 6.03 Å². The summed E-state index contributed by atoms with van der Waals surface area (Å²) in [6.45, 7) is 1.18. The number of hydrogen-bond donors (Lipinski definition) is 2. The molecule has 2 aromatic heterocycles. The summed E-state index contributed by atoms with van der Waals surface area (Å²) >= 11 is 0. The number of benzene rings is 2. The minimum absolute atomic E-state index is 0.0413. The highest BCUT2D eigenvalue weighted by atomic mass is 16.5. The highest BCUT2D eigenvalue weighted by Gasteiger charge is 2.32. The largest absolute Gasteiger partial charge is 0.493 e. The predicted molar refractivity (Wildman–Crippen MR) is 137 cm³/mol. The lowest BCUT2D eigenvalue weighted by atomic mass is 9.90. The number of ether oxygens (including phenoxy) is 2. The van der Waals surface area contributed by atoms with E-state index in [0.717, 1.165) is 41.4 Å². The molecule has 7 nitrogen and oxygen atoms in total. The lowest BCUT2D eigenvalue weighted by molar-refractivity contribution is 0.191. The van der Waals surface area contributed by atoms with Crippen LogP contribution < -0.4 is 14.8 Å². The van der Waals surface area contributed by atoms with Crippen molar-refractivity contribution in [3.8, 4) is 11.5 Å². The first kappa shape index (κ1) is 22.9. The van der Waals surface area contributed by atoms with Crippen molar-refractivity contribution in [2.45, 2.75) is 24.8 Å². The second-order valence-electron chi connectivity index (χ2n) is 9.01. The molecule has 0 bridgehead atoms. The van der Waals surface area contributed by atoms with E-state index in [1.807, 2.05) is 60.7 Å². The van der Waals surface area contributed by atoms with Crippen LogP contribution in [0.5, 0.6) is 11.5 Å². The smallest absolute Gasteiger partial charge is 0.317 e. The number of carbonyl (C=O) groups is 1. The number of hydrogen-bond acceptors (Lipinski definition) is 3. The van der Waals surface area contributed by atoms with Gasteiger partial charge in [-0.15, -0.1) is 0 Å². The minimum Gasteiger partial charge on any atom is -0.493 e. The summed E-state index contributed by atoms with van der Waals surface area (Å²) in [5.74, 6) is 1.23. The van der Waals surface area contributed by atoms with Crippen molar-refractivity contribution >= 4 is 16.9 Å². The predicted octanol–water partition coefficient (Wildman–Crippen LogP) is 5.20. The van der Waals surface area contributed by atoms with E-state index in [4.69, 9.17) is 9.47 Å². The molecule has 2 aromatic carbocycles. The standard InChI is InChI=1S/C28H32N4O3/c1-31-15-7-12-24(31)25-13-8-16-32(25)28(33)30-18-22(20-10-6-14-26(34-2)27(20)35-3)21-17-29-23-11-5-4-9-19(21)23/h4-7,9-12,14-15,17,22,25,29H,8,13,16,18H2,1-3H3,(H,30,33). The van der Waals surface area contributed by atoms with Crippen LogP contribution in [-0.2, 0) is 7.05 Å². The van der Waals surface area contributed by atoms with Crippen molar-refractivity contribution in [2.75, 3.05) is 27.3 Å². The Kier molecular flexibility index (Phi) is 6.40. The van der Waals surface area contributed by atoms with Crippen molar-refractivity contribution in [3.05, 3.63) is 83.8 Å². The van der Waals surface area contributed by atoms with Gasteiger partial charge < -0.3 is 29.2 Å². The molecule has 2 N–H and O–H groups in total. The number of para-hydroxylation sites is 2. The number of likely N-dealkylation sites (tertiary alicyclic amines) is 1. The molecule has 4 aromatic rings. The van der Waals surface area contributed by atoms with Crippen LogP contribution in [-0.4, -0.2) is 47.8 Å². The first-order chi connectivity index (χ1) is 17.1. The Morgan fingerprint density at radius 1 is 1.09 bits per heavy atom. The molecule has 0 aliphatic carbocycles. The van der Waals surface area contributed by atoms with Gasteiger partial charge in [0.1, 0.15) is 0 Å². The number of nitrogens with zero attached hydrogens (tertiary/aromatic N) is 2. The Hall–Kier alpha value is -3.87. The third-order valence-corrected chi connectivity index (χ3v) is 7.10. The topological polar surface area (TPSA) is 71.5 Å². The van der Waals surface area contributed by atoms with E-state index < -0.39 is 0 Å². The van der Waals surface area contributed by atoms with Crippen LogP contribution in [0.4, 0.5) is 4.79 Å². The van der Waals surface area contributed by atoms with Gasteiger partial charge in [-0.05, 0) is 42.7 Å². The molecule has 182 valence electrons. The number of carbonyl (C=O) groups excluding carboxylic acids is 1. The Morgan fingerprint density at radius 3 is 2.71 bits per heavy atom. The van der Waals surface area contributed by atoms with Crippen molar-refractivity contribution in [1.29, 1.82) is 0 Å². The summed E-state index contributed by atoms with van der Waals surface area (Å²) in [5, 5.41) is 4.37. The van der Waals surface area contributed by atoms with Crippen LogP contribution in [0.3, 0.4) is 0 Å². The molecule has 7 heteroatoms. The number of aryl methyl sites for hydroxylation is 1. The average Bonchev–Trinajstić information content (AvgIpc) is 3.63. The van der Waals surface area contributed by atoms with Crippen LogP contribution >= 0.6 is 0 Å². The number of methoxy groups -OCH3 is 2. The quantitative estimate of drug-likeness (QED) is 0.388. The van der Waals surface area contributed by atoms with Gasteiger partial charge in [0, 0.05) is 60.6 Å². The summed E-state index contributed by atoms with van der Waals surface area (Å²) in [6.07, 6.45) is 6.04. The number of urea groups is 1. The number of rotatable bonds is 7. The zero-order valence-electron chi connectivity index (χ0n) is 20.5. The summed E-state index contributed by atoms with van der Waals surface area (Å²) < 4.78 is 13.5.